The molecular formula is C14H19NO3. The Morgan fingerprint density at radius 1 is 1.33 bits per heavy atom. The number of phenols is 1. The molecule has 18 heavy (non-hydrogen) atoms. The number of aromatic hydroxyl groups is 1. The Morgan fingerprint density at radius 3 is 2.39 bits per heavy atom. The van der Waals surface area contributed by atoms with Crippen molar-refractivity contribution < 1.29 is 15.0 Å². The predicted octanol–water partition coefficient (Wildman–Crippen LogP) is 1.68. The van der Waals surface area contributed by atoms with Crippen LogP contribution in [-0.2, 0) is 4.79 Å². The van der Waals surface area contributed by atoms with Gasteiger partial charge in [0.05, 0.1) is 11.6 Å². The SMILES string of the molecule is CC(O)C(C)(C)NC(=O)/C=C/c1ccc(O)cc1. The molecule has 1 aromatic carbocycles. The average Bonchev–Trinajstić information content (AvgIpc) is 2.27. The highest BCUT2D eigenvalue weighted by Crippen LogP contribution is 2.11. The number of benzene rings is 1. The van der Waals surface area contributed by atoms with E-state index in [1.807, 2.05) is 0 Å². The van der Waals surface area contributed by atoms with Crippen LogP contribution in [0, 0.1) is 0 Å². The molecule has 1 unspecified atom stereocenters. The van der Waals surface area contributed by atoms with Crippen molar-refractivity contribution in [1.82, 2.24) is 5.32 Å². The zero-order valence-corrected chi connectivity index (χ0v) is 10.8. The minimum absolute atomic E-state index is 0.187. The summed E-state index contributed by atoms with van der Waals surface area (Å²) in [5.41, 5.74) is 0.147. The number of hydrogen-bond donors (Lipinski definition) is 3. The number of hydrogen-bond acceptors (Lipinski definition) is 3. The molecule has 0 aliphatic heterocycles. The van der Waals surface area contributed by atoms with Crippen molar-refractivity contribution in [2.75, 3.05) is 0 Å². The fourth-order valence-electron chi connectivity index (χ4n) is 1.22. The molecule has 0 spiro atoms. The highest BCUT2D eigenvalue weighted by Gasteiger charge is 2.24. The molecule has 0 aliphatic rings. The van der Waals surface area contributed by atoms with Crippen molar-refractivity contribution in [1.29, 1.82) is 0 Å². The molecule has 0 heterocycles. The van der Waals surface area contributed by atoms with Crippen LogP contribution < -0.4 is 5.32 Å². The number of aliphatic hydroxyl groups is 1. The topological polar surface area (TPSA) is 69.6 Å². The summed E-state index contributed by atoms with van der Waals surface area (Å²) in [6.07, 6.45) is 2.41. The molecular weight excluding hydrogens is 230 g/mol. The largest absolute Gasteiger partial charge is 0.508 e. The molecule has 0 saturated carbocycles. The predicted molar refractivity (Wildman–Crippen MR) is 71.0 cm³/mol. The minimum Gasteiger partial charge on any atom is -0.508 e. The number of nitrogens with one attached hydrogen (secondary N) is 1. The lowest BCUT2D eigenvalue weighted by Crippen LogP contribution is -2.50. The number of carbonyl (C=O) groups excluding carboxylic acids is 1. The molecule has 4 nitrogen and oxygen atoms in total. The molecule has 0 radical (unpaired) electrons. The van der Waals surface area contributed by atoms with Crippen LogP contribution in [0.1, 0.15) is 26.3 Å². The first-order chi connectivity index (χ1) is 8.31. The van der Waals surface area contributed by atoms with Crippen LogP contribution in [0.25, 0.3) is 6.08 Å². The highest BCUT2D eigenvalue weighted by molar-refractivity contribution is 5.92. The summed E-state index contributed by atoms with van der Waals surface area (Å²) in [7, 11) is 0. The number of rotatable bonds is 4. The lowest BCUT2D eigenvalue weighted by atomic mass is 9.99. The Labute approximate surface area is 107 Å². The summed E-state index contributed by atoms with van der Waals surface area (Å²) in [6, 6.07) is 6.52. The van der Waals surface area contributed by atoms with Gasteiger partial charge in [0.25, 0.3) is 0 Å². The minimum atomic E-state index is -0.670. The van der Waals surface area contributed by atoms with E-state index >= 15 is 0 Å². The van der Waals surface area contributed by atoms with Crippen LogP contribution in [0.2, 0.25) is 0 Å². The average molecular weight is 249 g/mol. The third-order valence-electron chi connectivity index (χ3n) is 2.81. The normalized spacial score (nSPS) is 13.6. The highest BCUT2D eigenvalue weighted by atomic mass is 16.3. The molecule has 1 amide bonds. The van der Waals surface area contributed by atoms with Crippen molar-refractivity contribution in [2.45, 2.75) is 32.4 Å². The van der Waals surface area contributed by atoms with Gasteiger partial charge in [-0.15, -0.1) is 0 Å². The van der Waals surface area contributed by atoms with Gasteiger partial charge in [-0.25, -0.2) is 0 Å². The van der Waals surface area contributed by atoms with E-state index in [4.69, 9.17) is 5.11 Å². The van der Waals surface area contributed by atoms with Gasteiger partial charge in [0.2, 0.25) is 5.91 Å². The summed E-state index contributed by atoms with van der Waals surface area (Å²) in [6.45, 7) is 5.14. The molecule has 0 fully saturated rings. The fraction of sp³-hybridized carbons (Fsp3) is 0.357. The molecule has 4 heteroatoms. The van der Waals surface area contributed by atoms with E-state index in [1.54, 1.807) is 51.1 Å². The number of carbonyl (C=O) groups is 1. The van der Waals surface area contributed by atoms with Crippen molar-refractivity contribution in [3.8, 4) is 5.75 Å². The van der Waals surface area contributed by atoms with E-state index in [0.717, 1.165) is 5.56 Å². The van der Waals surface area contributed by atoms with Gasteiger partial charge in [-0.2, -0.15) is 0 Å². The van der Waals surface area contributed by atoms with E-state index in [2.05, 4.69) is 5.32 Å². The van der Waals surface area contributed by atoms with Crippen LogP contribution >= 0.6 is 0 Å². The van der Waals surface area contributed by atoms with Crippen molar-refractivity contribution >= 4 is 12.0 Å². The Kier molecular flexibility index (Phi) is 4.50. The maximum atomic E-state index is 11.6. The van der Waals surface area contributed by atoms with E-state index in [0.29, 0.717) is 0 Å². The molecule has 0 aliphatic carbocycles. The lowest BCUT2D eigenvalue weighted by molar-refractivity contribution is -0.119. The van der Waals surface area contributed by atoms with Crippen LogP contribution in [0.4, 0.5) is 0 Å². The van der Waals surface area contributed by atoms with E-state index in [-0.39, 0.29) is 11.7 Å². The van der Waals surface area contributed by atoms with Gasteiger partial charge in [-0.05, 0) is 44.5 Å². The van der Waals surface area contributed by atoms with Gasteiger partial charge in [-0.3, -0.25) is 4.79 Å². The van der Waals surface area contributed by atoms with E-state index in [1.165, 1.54) is 6.08 Å². The van der Waals surface area contributed by atoms with Crippen molar-refractivity contribution in [3.63, 3.8) is 0 Å². The quantitative estimate of drug-likeness (QED) is 0.711. The van der Waals surface area contributed by atoms with Gasteiger partial charge < -0.3 is 15.5 Å². The van der Waals surface area contributed by atoms with Gasteiger partial charge >= 0.3 is 0 Å². The number of amides is 1. The molecule has 1 aromatic rings. The molecule has 1 atom stereocenters. The van der Waals surface area contributed by atoms with Gasteiger partial charge in [0.1, 0.15) is 5.75 Å². The Morgan fingerprint density at radius 2 is 1.89 bits per heavy atom. The van der Waals surface area contributed by atoms with Gasteiger partial charge in [0.15, 0.2) is 0 Å². The monoisotopic (exact) mass is 249 g/mol. The molecule has 0 bridgehead atoms. The van der Waals surface area contributed by atoms with Gasteiger partial charge in [0, 0.05) is 6.08 Å². The van der Waals surface area contributed by atoms with Crippen LogP contribution in [0.15, 0.2) is 30.3 Å². The second-order valence-electron chi connectivity index (χ2n) is 4.81. The van der Waals surface area contributed by atoms with Crippen molar-refractivity contribution in [3.05, 3.63) is 35.9 Å². The zero-order valence-electron chi connectivity index (χ0n) is 10.8. The molecule has 3 N–H and O–H groups in total. The Bertz CT molecular complexity index is 433. The van der Waals surface area contributed by atoms with Crippen LogP contribution in [0.3, 0.4) is 0 Å². The van der Waals surface area contributed by atoms with E-state index < -0.39 is 11.6 Å². The second kappa shape index (κ2) is 5.69. The maximum Gasteiger partial charge on any atom is 0.244 e. The summed E-state index contributed by atoms with van der Waals surface area (Å²) in [4.78, 5) is 11.6. The number of phenolic OH excluding ortho intramolecular Hbond substituents is 1. The standard InChI is InChI=1S/C14H19NO3/c1-10(16)14(2,3)15-13(18)9-6-11-4-7-12(17)8-5-11/h4-10,16-17H,1-3H3,(H,15,18)/b9-6+. The van der Waals surface area contributed by atoms with E-state index in [9.17, 15) is 9.90 Å². The first-order valence-corrected chi connectivity index (χ1v) is 5.78. The van der Waals surface area contributed by atoms with Crippen LogP contribution in [-0.4, -0.2) is 27.8 Å². The third kappa shape index (κ3) is 4.22. The van der Waals surface area contributed by atoms with Gasteiger partial charge in [-0.1, -0.05) is 12.1 Å². The second-order valence-corrected chi connectivity index (χ2v) is 4.81. The summed E-state index contributed by atoms with van der Waals surface area (Å²) < 4.78 is 0. The molecule has 98 valence electrons. The van der Waals surface area contributed by atoms with Crippen molar-refractivity contribution in [2.24, 2.45) is 0 Å². The first-order valence-electron chi connectivity index (χ1n) is 5.78. The summed E-state index contributed by atoms with van der Waals surface area (Å²) >= 11 is 0. The maximum absolute atomic E-state index is 11.6. The fourth-order valence-corrected chi connectivity index (χ4v) is 1.22. The summed E-state index contributed by atoms with van der Waals surface area (Å²) in [5.74, 6) is -0.0826. The lowest BCUT2D eigenvalue weighted by Gasteiger charge is -2.28. The molecule has 0 saturated heterocycles. The first kappa shape index (κ1) is 14.3. The Balaban J connectivity index is 2.62. The molecule has 1 rings (SSSR count). The number of aliphatic hydroxyl groups excluding tert-OH is 1. The Hall–Kier alpha value is -1.81. The van der Waals surface area contributed by atoms with Crippen LogP contribution in [0.5, 0.6) is 5.75 Å². The molecule has 0 aromatic heterocycles. The third-order valence-corrected chi connectivity index (χ3v) is 2.81. The smallest absolute Gasteiger partial charge is 0.244 e. The summed E-state index contributed by atoms with van der Waals surface area (Å²) in [5, 5.41) is 21.3. The zero-order chi connectivity index (χ0) is 13.8.